The highest BCUT2D eigenvalue weighted by molar-refractivity contribution is 5.47. The summed E-state index contributed by atoms with van der Waals surface area (Å²) in [7, 11) is 0. The molecule has 4 nitrogen and oxygen atoms in total. The summed E-state index contributed by atoms with van der Waals surface area (Å²) in [6.45, 7) is 3.91. The topological polar surface area (TPSA) is 61.0 Å². The molecule has 0 amide bonds. The second-order valence-electron chi connectivity index (χ2n) is 4.25. The molecule has 2 rings (SSSR count). The maximum atomic E-state index is 5.84. The molecule has 0 aromatic carbocycles. The van der Waals surface area contributed by atoms with Crippen LogP contribution >= 0.6 is 0 Å². The van der Waals surface area contributed by atoms with Crippen molar-refractivity contribution in [3.63, 3.8) is 0 Å². The zero-order valence-corrected chi connectivity index (χ0v) is 9.92. The van der Waals surface area contributed by atoms with Gasteiger partial charge in [-0.1, -0.05) is 6.07 Å². The van der Waals surface area contributed by atoms with Crippen molar-refractivity contribution in [2.45, 2.75) is 19.4 Å². The van der Waals surface area contributed by atoms with Crippen LogP contribution < -0.4 is 10.5 Å². The molecule has 0 atom stereocenters. The van der Waals surface area contributed by atoms with Gasteiger partial charge in [-0.25, -0.2) is 4.98 Å². The number of hydrogen-bond acceptors (Lipinski definition) is 4. The number of hydrogen-bond donors (Lipinski definition) is 1. The molecule has 0 radical (unpaired) electrons. The van der Waals surface area contributed by atoms with Crippen molar-refractivity contribution < 1.29 is 4.74 Å². The Morgan fingerprint density at radius 2 is 1.94 bits per heavy atom. The molecule has 4 heteroatoms. The standard InChI is InChI=1S/C13H15N3O/c1-13(2,10-5-3-7-15-9-10)17-12-11(14)6-4-8-16-12/h3-9H,14H2,1-2H3. The van der Waals surface area contributed by atoms with Crippen molar-refractivity contribution in [1.82, 2.24) is 9.97 Å². The highest BCUT2D eigenvalue weighted by Gasteiger charge is 2.24. The molecule has 0 aliphatic heterocycles. The van der Waals surface area contributed by atoms with Crippen molar-refractivity contribution in [3.05, 3.63) is 48.4 Å². The molecular formula is C13H15N3O. The van der Waals surface area contributed by atoms with Crippen LogP contribution in [-0.4, -0.2) is 9.97 Å². The van der Waals surface area contributed by atoms with E-state index in [1.807, 2.05) is 26.0 Å². The molecular weight excluding hydrogens is 214 g/mol. The fraction of sp³-hybridized carbons (Fsp3) is 0.231. The molecule has 0 aliphatic carbocycles. The Bertz CT molecular complexity index is 497. The number of nitrogen functional groups attached to an aromatic ring is 1. The summed E-state index contributed by atoms with van der Waals surface area (Å²) >= 11 is 0. The van der Waals surface area contributed by atoms with E-state index in [1.54, 1.807) is 30.7 Å². The number of rotatable bonds is 3. The van der Waals surface area contributed by atoms with Gasteiger partial charge in [0.25, 0.3) is 0 Å². The van der Waals surface area contributed by atoms with Gasteiger partial charge in [0.05, 0.1) is 5.69 Å². The Morgan fingerprint density at radius 3 is 2.59 bits per heavy atom. The van der Waals surface area contributed by atoms with E-state index in [2.05, 4.69) is 9.97 Å². The first-order valence-electron chi connectivity index (χ1n) is 5.39. The Balaban J connectivity index is 2.27. The van der Waals surface area contributed by atoms with Crippen LogP contribution in [0.1, 0.15) is 19.4 Å². The number of nitrogens with two attached hydrogens (primary N) is 1. The normalized spacial score (nSPS) is 11.2. The van der Waals surface area contributed by atoms with E-state index in [0.29, 0.717) is 11.6 Å². The maximum Gasteiger partial charge on any atom is 0.238 e. The van der Waals surface area contributed by atoms with Gasteiger partial charge in [0.1, 0.15) is 5.60 Å². The van der Waals surface area contributed by atoms with E-state index >= 15 is 0 Å². The minimum atomic E-state index is -0.517. The Morgan fingerprint density at radius 1 is 1.18 bits per heavy atom. The third kappa shape index (κ3) is 2.53. The first-order valence-corrected chi connectivity index (χ1v) is 5.39. The molecule has 2 aromatic heterocycles. The Kier molecular flexibility index (Phi) is 2.95. The predicted molar refractivity (Wildman–Crippen MR) is 66.5 cm³/mol. The van der Waals surface area contributed by atoms with Crippen molar-refractivity contribution >= 4 is 5.69 Å². The minimum absolute atomic E-state index is 0.446. The van der Waals surface area contributed by atoms with Gasteiger partial charge < -0.3 is 10.5 Å². The fourth-order valence-electron chi connectivity index (χ4n) is 1.51. The molecule has 88 valence electrons. The largest absolute Gasteiger partial charge is 0.465 e. The summed E-state index contributed by atoms with van der Waals surface area (Å²) in [6, 6.07) is 7.38. The van der Waals surface area contributed by atoms with Gasteiger partial charge >= 0.3 is 0 Å². The number of aromatic nitrogens is 2. The van der Waals surface area contributed by atoms with Crippen LogP contribution in [0.25, 0.3) is 0 Å². The maximum absolute atomic E-state index is 5.84. The van der Waals surface area contributed by atoms with Crippen LogP contribution in [0.5, 0.6) is 5.88 Å². The second kappa shape index (κ2) is 4.41. The van der Waals surface area contributed by atoms with Gasteiger partial charge in [-0.05, 0) is 32.0 Å². The highest BCUT2D eigenvalue weighted by Crippen LogP contribution is 2.28. The van der Waals surface area contributed by atoms with Crippen LogP contribution in [0.3, 0.4) is 0 Å². The molecule has 0 saturated carbocycles. The summed E-state index contributed by atoms with van der Waals surface area (Å²) in [5.41, 5.74) is 6.79. The third-order valence-corrected chi connectivity index (χ3v) is 2.51. The van der Waals surface area contributed by atoms with Crippen molar-refractivity contribution in [2.75, 3.05) is 5.73 Å². The van der Waals surface area contributed by atoms with E-state index in [1.165, 1.54) is 0 Å². The average Bonchev–Trinajstić information content (AvgIpc) is 2.33. The zero-order valence-electron chi connectivity index (χ0n) is 9.92. The molecule has 0 fully saturated rings. The Hall–Kier alpha value is -2.10. The summed E-state index contributed by atoms with van der Waals surface area (Å²) in [4.78, 5) is 8.20. The monoisotopic (exact) mass is 229 g/mol. The lowest BCUT2D eigenvalue weighted by Crippen LogP contribution is -2.26. The number of nitrogens with zero attached hydrogens (tertiary/aromatic N) is 2. The second-order valence-corrected chi connectivity index (χ2v) is 4.25. The average molecular weight is 229 g/mol. The van der Waals surface area contributed by atoms with Gasteiger partial charge in [0, 0.05) is 24.2 Å². The molecule has 0 saturated heterocycles. The predicted octanol–water partition coefficient (Wildman–Crippen LogP) is 2.37. The lowest BCUT2D eigenvalue weighted by atomic mass is 10.0. The summed E-state index contributed by atoms with van der Waals surface area (Å²) < 4.78 is 5.84. The van der Waals surface area contributed by atoms with E-state index in [0.717, 1.165) is 5.56 Å². The van der Waals surface area contributed by atoms with Gasteiger partial charge in [-0.3, -0.25) is 4.98 Å². The molecule has 0 spiro atoms. The van der Waals surface area contributed by atoms with Crippen LogP contribution in [-0.2, 0) is 5.60 Å². The first kappa shape index (κ1) is 11.4. The third-order valence-electron chi connectivity index (χ3n) is 2.51. The quantitative estimate of drug-likeness (QED) is 0.877. The lowest BCUT2D eigenvalue weighted by Gasteiger charge is -2.26. The van der Waals surface area contributed by atoms with E-state index < -0.39 is 5.60 Å². The smallest absolute Gasteiger partial charge is 0.238 e. The van der Waals surface area contributed by atoms with Crippen LogP contribution in [0.15, 0.2) is 42.9 Å². The molecule has 17 heavy (non-hydrogen) atoms. The van der Waals surface area contributed by atoms with Crippen molar-refractivity contribution in [3.8, 4) is 5.88 Å². The molecule has 0 aliphatic rings. The number of pyridine rings is 2. The number of anilines is 1. The lowest BCUT2D eigenvalue weighted by molar-refractivity contribution is 0.103. The fourth-order valence-corrected chi connectivity index (χ4v) is 1.51. The summed E-state index contributed by atoms with van der Waals surface area (Å²) in [6.07, 6.45) is 5.17. The SMILES string of the molecule is CC(C)(Oc1ncccc1N)c1cccnc1. The molecule has 2 N–H and O–H groups in total. The van der Waals surface area contributed by atoms with Gasteiger partial charge in [-0.15, -0.1) is 0 Å². The van der Waals surface area contributed by atoms with Crippen LogP contribution in [0.4, 0.5) is 5.69 Å². The van der Waals surface area contributed by atoms with Gasteiger partial charge in [0.2, 0.25) is 5.88 Å². The van der Waals surface area contributed by atoms with E-state index in [9.17, 15) is 0 Å². The molecule has 2 aromatic rings. The highest BCUT2D eigenvalue weighted by atomic mass is 16.5. The number of ether oxygens (including phenoxy) is 1. The minimum Gasteiger partial charge on any atom is -0.465 e. The van der Waals surface area contributed by atoms with E-state index in [4.69, 9.17) is 10.5 Å². The molecule has 2 heterocycles. The van der Waals surface area contributed by atoms with Crippen molar-refractivity contribution in [2.24, 2.45) is 0 Å². The molecule has 0 bridgehead atoms. The zero-order chi connectivity index (χ0) is 12.3. The van der Waals surface area contributed by atoms with Crippen LogP contribution in [0.2, 0.25) is 0 Å². The first-order chi connectivity index (χ1) is 8.09. The van der Waals surface area contributed by atoms with Crippen LogP contribution in [0, 0.1) is 0 Å². The molecule has 0 unspecified atom stereocenters. The van der Waals surface area contributed by atoms with E-state index in [-0.39, 0.29) is 0 Å². The van der Waals surface area contributed by atoms with Gasteiger partial charge in [-0.2, -0.15) is 0 Å². The summed E-state index contributed by atoms with van der Waals surface area (Å²) in [5.74, 6) is 0.446. The van der Waals surface area contributed by atoms with Gasteiger partial charge in [0.15, 0.2) is 0 Å². The summed E-state index contributed by atoms with van der Waals surface area (Å²) in [5, 5.41) is 0. The Labute approximate surface area is 100 Å². The van der Waals surface area contributed by atoms with Crippen molar-refractivity contribution in [1.29, 1.82) is 0 Å².